The van der Waals surface area contributed by atoms with Crippen molar-refractivity contribution in [1.82, 2.24) is 9.88 Å². The lowest BCUT2D eigenvalue weighted by Gasteiger charge is -2.57. The maximum Gasteiger partial charge on any atom is 0.358 e. The molecule has 1 aliphatic rings. The molecule has 14 heteroatoms. The van der Waals surface area contributed by atoms with Gasteiger partial charge in [0.2, 0.25) is 5.91 Å². The van der Waals surface area contributed by atoms with Crippen molar-refractivity contribution < 1.29 is 31.4 Å². The number of esters is 1. The zero-order chi connectivity index (χ0) is 28.6. The standard InChI is InChI=1S/C24H34N2O7S4Si/c1-14(32-37(7,29)30)18(21(28)31-6)26-19(27)17(24(5,23(2,3)4)33-38(8)9)20(26)35-36-22-25-15-12-10-11-13-16(15)34-22/h10-13,17,20,38H,1-9H3/b18-14+/t17?,20?,24-/m0/s1. The first kappa shape index (κ1) is 31.0. The fourth-order valence-electron chi connectivity index (χ4n) is 4.27. The fourth-order valence-corrected chi connectivity index (χ4v) is 10.4. The summed E-state index contributed by atoms with van der Waals surface area (Å²) < 4.78 is 42.1. The van der Waals surface area contributed by atoms with Gasteiger partial charge in [0, 0.05) is 0 Å². The normalized spacial score (nSPS) is 20.7. The van der Waals surface area contributed by atoms with Gasteiger partial charge in [0.15, 0.2) is 19.1 Å². The van der Waals surface area contributed by atoms with Crippen LogP contribution in [0, 0.1) is 11.3 Å². The van der Waals surface area contributed by atoms with Gasteiger partial charge in [-0.15, -0.1) is 11.3 Å². The van der Waals surface area contributed by atoms with Crippen LogP contribution in [0.15, 0.2) is 40.1 Å². The number of benzene rings is 1. The molecule has 2 aromatic rings. The summed E-state index contributed by atoms with van der Waals surface area (Å²) in [6.07, 6.45) is 0.874. The Kier molecular flexibility index (Phi) is 9.36. The Hall–Kier alpha value is -1.58. The Labute approximate surface area is 237 Å². The second kappa shape index (κ2) is 11.5. The first-order valence-electron chi connectivity index (χ1n) is 11.9. The summed E-state index contributed by atoms with van der Waals surface area (Å²) in [5, 5.41) is -0.594. The van der Waals surface area contributed by atoms with Crippen LogP contribution in [0.2, 0.25) is 13.1 Å². The Morgan fingerprint density at radius 1 is 1.18 bits per heavy atom. The molecule has 0 spiro atoms. The number of likely N-dealkylation sites (tertiary alicyclic amines) is 1. The molecule has 3 rings (SSSR count). The topological polar surface area (TPSA) is 112 Å². The van der Waals surface area contributed by atoms with Crippen molar-refractivity contribution in [3.05, 3.63) is 35.7 Å². The summed E-state index contributed by atoms with van der Waals surface area (Å²) in [4.78, 5) is 32.7. The third-order valence-corrected chi connectivity index (χ3v) is 11.9. The molecule has 1 amide bonds. The molecule has 0 radical (unpaired) electrons. The van der Waals surface area contributed by atoms with E-state index in [1.165, 1.54) is 51.9 Å². The van der Waals surface area contributed by atoms with Crippen LogP contribution >= 0.6 is 32.9 Å². The van der Waals surface area contributed by atoms with Gasteiger partial charge < -0.3 is 13.3 Å². The van der Waals surface area contributed by atoms with Crippen LogP contribution in [0.5, 0.6) is 0 Å². The van der Waals surface area contributed by atoms with Crippen molar-refractivity contribution in [3.8, 4) is 0 Å². The highest BCUT2D eigenvalue weighted by Gasteiger charge is 2.63. The molecule has 1 fully saturated rings. The van der Waals surface area contributed by atoms with Gasteiger partial charge >= 0.3 is 16.1 Å². The molecule has 1 aromatic carbocycles. The molecule has 0 bridgehead atoms. The number of hydrogen-bond acceptors (Lipinski definition) is 11. The predicted octanol–water partition coefficient (Wildman–Crippen LogP) is 5.01. The molecular weight excluding hydrogens is 585 g/mol. The Balaban J connectivity index is 2.09. The van der Waals surface area contributed by atoms with Gasteiger partial charge in [0.25, 0.3) is 0 Å². The quantitative estimate of drug-likeness (QED) is 0.0685. The second-order valence-electron chi connectivity index (χ2n) is 10.4. The van der Waals surface area contributed by atoms with Crippen molar-refractivity contribution in [3.63, 3.8) is 0 Å². The lowest BCUT2D eigenvalue weighted by molar-refractivity contribution is -0.175. The second-order valence-corrected chi connectivity index (χ2v) is 17.9. The predicted molar refractivity (Wildman–Crippen MR) is 156 cm³/mol. The molecule has 3 atom stereocenters. The highest BCUT2D eigenvalue weighted by atomic mass is 33.1. The van der Waals surface area contributed by atoms with E-state index in [0.29, 0.717) is 0 Å². The van der Waals surface area contributed by atoms with Crippen LogP contribution in [0.1, 0.15) is 34.6 Å². The molecule has 0 aliphatic carbocycles. The van der Waals surface area contributed by atoms with Crippen molar-refractivity contribution in [2.45, 2.75) is 63.0 Å². The van der Waals surface area contributed by atoms with Crippen molar-refractivity contribution in [1.29, 1.82) is 0 Å². The third-order valence-electron chi connectivity index (χ3n) is 6.33. The first-order valence-corrected chi connectivity index (χ1v) is 19.5. The van der Waals surface area contributed by atoms with E-state index in [4.69, 9.17) is 13.3 Å². The maximum atomic E-state index is 13.9. The fraction of sp³-hybridized carbons (Fsp3) is 0.542. The number of rotatable bonds is 10. The van der Waals surface area contributed by atoms with Crippen LogP contribution in [0.4, 0.5) is 0 Å². The van der Waals surface area contributed by atoms with Crippen molar-refractivity contribution in [2.75, 3.05) is 13.4 Å². The summed E-state index contributed by atoms with van der Waals surface area (Å²) in [6.45, 7) is 13.4. The first-order chi connectivity index (χ1) is 17.5. The van der Waals surface area contributed by atoms with Gasteiger partial charge in [-0.2, -0.15) is 8.42 Å². The number of para-hydroxylation sites is 1. The highest BCUT2D eigenvalue weighted by Crippen LogP contribution is 2.55. The van der Waals surface area contributed by atoms with Crippen LogP contribution in [-0.2, 0) is 33.1 Å². The summed E-state index contributed by atoms with van der Waals surface area (Å²) in [5.41, 5.74) is -0.664. The molecular formula is C24H34N2O7S4Si. The van der Waals surface area contributed by atoms with E-state index in [1.54, 1.807) is 0 Å². The zero-order valence-electron chi connectivity index (χ0n) is 22.9. The molecule has 1 saturated heterocycles. The smallest absolute Gasteiger partial charge is 0.358 e. The molecule has 1 aromatic heterocycles. The van der Waals surface area contributed by atoms with Crippen LogP contribution in [-0.4, -0.2) is 63.6 Å². The summed E-state index contributed by atoms with van der Waals surface area (Å²) in [6, 6.07) is 7.80. The van der Waals surface area contributed by atoms with E-state index >= 15 is 0 Å². The molecule has 38 heavy (non-hydrogen) atoms. The van der Waals surface area contributed by atoms with Gasteiger partial charge in [-0.3, -0.25) is 9.69 Å². The summed E-state index contributed by atoms with van der Waals surface area (Å²) in [5.74, 6) is -2.10. The highest BCUT2D eigenvalue weighted by molar-refractivity contribution is 8.77. The lowest BCUT2D eigenvalue weighted by atomic mass is 9.66. The SMILES string of the molecule is COC(=O)/C(=C(/C)OS(C)(=O)=O)N1C(=O)C([C@](C)(O[SiH](C)C)C(C)(C)C)C1SSc1nc2ccccc2s1. The largest absolute Gasteiger partial charge is 0.464 e. The van der Waals surface area contributed by atoms with Crippen molar-refractivity contribution in [2.24, 2.45) is 11.3 Å². The minimum absolute atomic E-state index is 0.238. The monoisotopic (exact) mass is 618 g/mol. The number of nitrogens with zero attached hydrogens (tertiary/aromatic N) is 2. The summed E-state index contributed by atoms with van der Waals surface area (Å²) >= 11 is 1.53. The number of carbonyl (C=O) groups is 2. The number of methoxy groups -OCH3 is 1. The van der Waals surface area contributed by atoms with E-state index in [9.17, 15) is 18.0 Å². The average Bonchev–Trinajstić information content (AvgIpc) is 3.19. The number of hydrogen-bond donors (Lipinski definition) is 0. The maximum absolute atomic E-state index is 13.9. The number of aromatic nitrogens is 1. The molecule has 210 valence electrons. The molecule has 2 heterocycles. The van der Waals surface area contributed by atoms with Crippen molar-refractivity contribution >= 4 is 74.2 Å². The van der Waals surface area contributed by atoms with E-state index in [1.807, 2.05) is 65.1 Å². The van der Waals surface area contributed by atoms with E-state index < -0.39 is 47.4 Å². The minimum Gasteiger partial charge on any atom is -0.464 e. The third kappa shape index (κ3) is 6.41. The number of ether oxygens (including phenoxy) is 1. The van der Waals surface area contributed by atoms with Gasteiger partial charge in [0.1, 0.15) is 11.1 Å². The molecule has 1 aliphatic heterocycles. The Bertz CT molecular complexity index is 1320. The number of thiazole rings is 1. The number of allylic oxidation sites excluding steroid dienone is 1. The molecule has 2 unspecified atom stereocenters. The van der Waals surface area contributed by atoms with E-state index in [0.717, 1.165) is 20.8 Å². The average molecular weight is 619 g/mol. The molecule has 0 N–H and O–H groups in total. The number of β-lactam (4-membered cyclic amide) rings is 1. The number of carbonyl (C=O) groups excluding carboxylic acids is 2. The van der Waals surface area contributed by atoms with Crippen LogP contribution in [0.25, 0.3) is 10.2 Å². The Morgan fingerprint density at radius 2 is 1.82 bits per heavy atom. The zero-order valence-corrected chi connectivity index (χ0v) is 27.3. The molecule has 0 saturated carbocycles. The molecule has 9 nitrogen and oxygen atoms in total. The van der Waals surface area contributed by atoms with E-state index in [-0.39, 0.29) is 17.4 Å². The van der Waals surface area contributed by atoms with Gasteiger partial charge in [-0.1, -0.05) is 43.7 Å². The summed E-state index contributed by atoms with van der Waals surface area (Å²) in [7, 11) is -1.63. The Morgan fingerprint density at radius 3 is 2.34 bits per heavy atom. The number of fused-ring (bicyclic) bond motifs is 1. The minimum atomic E-state index is -3.96. The van der Waals surface area contributed by atoms with E-state index in [2.05, 4.69) is 4.98 Å². The van der Waals surface area contributed by atoms with Crippen LogP contribution in [0.3, 0.4) is 0 Å². The number of amides is 1. The van der Waals surface area contributed by atoms with Gasteiger partial charge in [-0.25, -0.2) is 9.78 Å². The van der Waals surface area contributed by atoms with Gasteiger partial charge in [-0.05, 0) is 55.3 Å². The lowest BCUT2D eigenvalue weighted by Crippen LogP contribution is -2.70. The van der Waals surface area contributed by atoms with Gasteiger partial charge in [0.05, 0.1) is 35.1 Å². The van der Waals surface area contributed by atoms with Crippen LogP contribution < -0.4 is 0 Å².